The van der Waals surface area contributed by atoms with E-state index in [1.165, 1.54) is 6.07 Å². The maximum absolute atomic E-state index is 13.2. The summed E-state index contributed by atoms with van der Waals surface area (Å²) in [6.07, 6.45) is 0. The summed E-state index contributed by atoms with van der Waals surface area (Å²) in [5.74, 6) is -0.796. The first-order valence-electron chi connectivity index (χ1n) is 12.1. The third-order valence-corrected chi connectivity index (χ3v) is 6.27. The number of nitrogens with zero attached hydrogens (tertiary/aromatic N) is 3. The van der Waals surface area contributed by atoms with Gasteiger partial charge in [0.05, 0.1) is 26.0 Å². The van der Waals surface area contributed by atoms with E-state index in [0.29, 0.717) is 44.3 Å². The number of esters is 1. The van der Waals surface area contributed by atoms with Gasteiger partial charge >= 0.3 is 5.97 Å². The van der Waals surface area contributed by atoms with Gasteiger partial charge in [-0.25, -0.2) is 4.99 Å². The minimum Gasteiger partial charge on any atom is -0.504 e. The lowest BCUT2D eigenvalue weighted by molar-refractivity contribution is -0.153. The summed E-state index contributed by atoms with van der Waals surface area (Å²) < 4.78 is 16.2. The Morgan fingerprint density at radius 3 is 2.47 bits per heavy atom. The molecule has 1 fully saturated rings. The lowest BCUT2D eigenvalue weighted by Gasteiger charge is -2.40. The Morgan fingerprint density at radius 1 is 1.06 bits per heavy atom. The molecule has 1 amide bonds. The van der Waals surface area contributed by atoms with Crippen LogP contribution in [0.1, 0.15) is 25.5 Å². The van der Waals surface area contributed by atoms with Crippen LogP contribution in [-0.4, -0.2) is 74.3 Å². The van der Waals surface area contributed by atoms with Crippen molar-refractivity contribution in [2.45, 2.75) is 19.9 Å². The van der Waals surface area contributed by atoms with Gasteiger partial charge in [0.25, 0.3) is 0 Å². The Kier molecular flexibility index (Phi) is 7.82. The number of amides is 1. The van der Waals surface area contributed by atoms with Gasteiger partial charge in [-0.1, -0.05) is 18.2 Å². The number of nitrogens with one attached hydrogen (secondary N) is 1. The summed E-state index contributed by atoms with van der Waals surface area (Å²) in [6, 6.07) is 11.8. The maximum Gasteiger partial charge on any atom is 0.321 e. The third kappa shape index (κ3) is 5.17. The highest BCUT2D eigenvalue weighted by Gasteiger charge is 2.42. The number of phenols is 1. The number of methoxy groups -OCH3 is 1. The SMILES string of the molecule is CCOC(=O)[C@H]1C(=O)NC(N2CCN(c3ccccc3OC)CC2)=N[C@@H]1c1ccc(O)c(OCC)c1. The van der Waals surface area contributed by atoms with Crippen LogP contribution in [0.15, 0.2) is 47.5 Å². The molecule has 0 spiro atoms. The number of guanidine groups is 1. The van der Waals surface area contributed by atoms with Gasteiger partial charge in [-0.3, -0.25) is 14.9 Å². The van der Waals surface area contributed by atoms with E-state index in [9.17, 15) is 14.7 Å². The topological polar surface area (TPSA) is 113 Å². The van der Waals surface area contributed by atoms with Gasteiger partial charge in [-0.2, -0.15) is 0 Å². The first-order chi connectivity index (χ1) is 17.5. The molecule has 10 heteroatoms. The van der Waals surface area contributed by atoms with Crippen LogP contribution in [-0.2, 0) is 14.3 Å². The summed E-state index contributed by atoms with van der Waals surface area (Å²) >= 11 is 0. The molecule has 2 aromatic carbocycles. The summed E-state index contributed by atoms with van der Waals surface area (Å²) in [7, 11) is 1.65. The quantitative estimate of drug-likeness (QED) is 0.444. The van der Waals surface area contributed by atoms with E-state index < -0.39 is 23.8 Å². The van der Waals surface area contributed by atoms with E-state index in [0.717, 1.165) is 11.4 Å². The van der Waals surface area contributed by atoms with Crippen molar-refractivity contribution in [2.24, 2.45) is 10.9 Å². The zero-order valence-electron chi connectivity index (χ0n) is 20.8. The van der Waals surface area contributed by atoms with Gasteiger partial charge in [0, 0.05) is 26.2 Å². The molecule has 2 heterocycles. The number of carbonyl (C=O) groups excluding carboxylic acids is 2. The van der Waals surface area contributed by atoms with Crippen molar-refractivity contribution >= 4 is 23.5 Å². The van der Waals surface area contributed by atoms with Crippen LogP contribution in [0.2, 0.25) is 0 Å². The first-order valence-corrected chi connectivity index (χ1v) is 12.1. The molecule has 36 heavy (non-hydrogen) atoms. The number of anilines is 1. The number of hydrogen-bond donors (Lipinski definition) is 2. The Labute approximate surface area is 210 Å². The third-order valence-electron chi connectivity index (χ3n) is 6.27. The monoisotopic (exact) mass is 496 g/mol. The number of rotatable bonds is 7. The number of phenolic OH excluding ortho intramolecular Hbond substituents is 1. The van der Waals surface area contributed by atoms with Crippen LogP contribution in [0, 0.1) is 5.92 Å². The van der Waals surface area contributed by atoms with Crippen LogP contribution in [0.3, 0.4) is 0 Å². The molecule has 2 aromatic rings. The molecule has 10 nitrogen and oxygen atoms in total. The Balaban J connectivity index is 1.60. The molecule has 2 atom stereocenters. The zero-order chi connectivity index (χ0) is 25.7. The number of piperazine rings is 1. The Hall–Kier alpha value is -3.95. The molecule has 2 aliphatic rings. The molecular weight excluding hydrogens is 464 g/mol. The second-order valence-electron chi connectivity index (χ2n) is 8.42. The largest absolute Gasteiger partial charge is 0.504 e. The van der Waals surface area contributed by atoms with E-state index in [4.69, 9.17) is 19.2 Å². The van der Waals surface area contributed by atoms with Gasteiger partial charge < -0.3 is 29.1 Å². The van der Waals surface area contributed by atoms with Crippen molar-refractivity contribution in [1.82, 2.24) is 10.2 Å². The highest BCUT2D eigenvalue weighted by Crippen LogP contribution is 2.36. The first kappa shape index (κ1) is 25.2. The van der Waals surface area contributed by atoms with Crippen molar-refractivity contribution in [2.75, 3.05) is 51.4 Å². The number of ether oxygens (including phenoxy) is 3. The fourth-order valence-electron chi connectivity index (χ4n) is 4.50. The average molecular weight is 497 g/mol. The van der Waals surface area contributed by atoms with E-state index in [-0.39, 0.29) is 18.1 Å². The molecular formula is C26H32N4O6. The minimum atomic E-state index is -1.15. The number of benzene rings is 2. The van der Waals surface area contributed by atoms with Crippen LogP contribution < -0.4 is 19.7 Å². The number of para-hydroxylation sites is 2. The van der Waals surface area contributed by atoms with Gasteiger partial charge in [-0.15, -0.1) is 0 Å². The molecule has 2 N–H and O–H groups in total. The summed E-state index contributed by atoms with van der Waals surface area (Å²) in [5.41, 5.74) is 1.59. The van der Waals surface area contributed by atoms with Gasteiger partial charge in [0.15, 0.2) is 17.4 Å². The highest BCUT2D eigenvalue weighted by molar-refractivity contribution is 6.08. The molecule has 4 rings (SSSR count). The molecule has 0 radical (unpaired) electrons. The van der Waals surface area contributed by atoms with Crippen molar-refractivity contribution < 1.29 is 28.9 Å². The number of aromatic hydroxyl groups is 1. The summed E-state index contributed by atoms with van der Waals surface area (Å²) in [6.45, 7) is 6.65. The normalized spacial score (nSPS) is 19.9. The lowest BCUT2D eigenvalue weighted by Crippen LogP contribution is -2.57. The second kappa shape index (κ2) is 11.2. The highest BCUT2D eigenvalue weighted by atomic mass is 16.5. The lowest BCUT2D eigenvalue weighted by atomic mass is 9.91. The van der Waals surface area contributed by atoms with Crippen molar-refractivity contribution in [3.8, 4) is 17.2 Å². The van der Waals surface area contributed by atoms with Gasteiger partial charge in [0.2, 0.25) is 11.9 Å². The van der Waals surface area contributed by atoms with Crippen molar-refractivity contribution in [1.29, 1.82) is 0 Å². The van der Waals surface area contributed by atoms with E-state index in [1.807, 2.05) is 36.1 Å². The van der Waals surface area contributed by atoms with Crippen LogP contribution >= 0.6 is 0 Å². The molecule has 1 saturated heterocycles. The van der Waals surface area contributed by atoms with Crippen molar-refractivity contribution in [3.63, 3.8) is 0 Å². The fraction of sp³-hybridized carbons (Fsp3) is 0.423. The van der Waals surface area contributed by atoms with Crippen LogP contribution in [0.5, 0.6) is 17.2 Å². The maximum atomic E-state index is 13.2. The van der Waals surface area contributed by atoms with Crippen LogP contribution in [0.4, 0.5) is 5.69 Å². The van der Waals surface area contributed by atoms with Crippen LogP contribution in [0.25, 0.3) is 0 Å². The number of carbonyl (C=O) groups is 2. The summed E-state index contributed by atoms with van der Waals surface area (Å²) in [5, 5.41) is 13.0. The average Bonchev–Trinajstić information content (AvgIpc) is 2.89. The van der Waals surface area contributed by atoms with E-state index in [1.54, 1.807) is 26.2 Å². The predicted octanol–water partition coefficient (Wildman–Crippen LogP) is 2.33. The standard InChI is InChI=1S/C26H32N4O6/c1-4-35-21-16-17(10-11-19(21)31)23-22(25(33)36-5-2)24(32)28-26(27-23)30-14-12-29(13-15-30)18-8-6-7-9-20(18)34-3/h6-11,16,22-23,31H,4-5,12-15H2,1-3H3,(H,27,28,32)/t22-,23-/m1/s1. The van der Waals surface area contributed by atoms with Gasteiger partial charge in [-0.05, 0) is 43.7 Å². The minimum absolute atomic E-state index is 0.0230. The molecule has 2 aliphatic heterocycles. The Morgan fingerprint density at radius 2 is 1.78 bits per heavy atom. The molecule has 0 aromatic heterocycles. The molecule has 0 unspecified atom stereocenters. The predicted molar refractivity (Wildman–Crippen MR) is 134 cm³/mol. The molecule has 192 valence electrons. The van der Waals surface area contributed by atoms with Gasteiger partial charge in [0.1, 0.15) is 11.8 Å². The fourth-order valence-corrected chi connectivity index (χ4v) is 4.50. The zero-order valence-corrected chi connectivity index (χ0v) is 20.8. The molecule has 0 bridgehead atoms. The van der Waals surface area contributed by atoms with Crippen molar-refractivity contribution in [3.05, 3.63) is 48.0 Å². The number of hydrogen-bond acceptors (Lipinski definition) is 9. The second-order valence-corrected chi connectivity index (χ2v) is 8.42. The van der Waals surface area contributed by atoms with E-state index >= 15 is 0 Å². The van der Waals surface area contributed by atoms with E-state index in [2.05, 4.69) is 10.2 Å². The summed E-state index contributed by atoms with van der Waals surface area (Å²) in [4.78, 5) is 34.9. The molecule has 0 saturated carbocycles. The smallest absolute Gasteiger partial charge is 0.321 e. The Bertz CT molecular complexity index is 1130. The number of aliphatic imine (C=N–C) groups is 1. The molecule has 0 aliphatic carbocycles.